The molecule has 1 aliphatic heterocycles. The van der Waals surface area contributed by atoms with Gasteiger partial charge >= 0.3 is 0 Å². The second kappa shape index (κ2) is 4.09. The summed E-state index contributed by atoms with van der Waals surface area (Å²) >= 11 is 0. The van der Waals surface area contributed by atoms with Crippen LogP contribution in [0.25, 0.3) is 0 Å². The number of sulfonamides is 1. The predicted octanol–water partition coefficient (Wildman–Crippen LogP) is -0.0171. The van der Waals surface area contributed by atoms with Crippen molar-refractivity contribution in [2.45, 2.75) is 44.4 Å². The molecule has 0 radical (unpaired) electrons. The number of amides is 1. The van der Waals surface area contributed by atoms with E-state index in [4.69, 9.17) is 0 Å². The van der Waals surface area contributed by atoms with Gasteiger partial charge in [-0.25, -0.2) is 8.42 Å². The van der Waals surface area contributed by atoms with Crippen LogP contribution in [0.2, 0.25) is 0 Å². The molecule has 0 aromatic heterocycles. The topological polar surface area (TPSA) is 75.3 Å². The van der Waals surface area contributed by atoms with Crippen LogP contribution in [0.15, 0.2) is 0 Å². The van der Waals surface area contributed by atoms with E-state index >= 15 is 0 Å². The van der Waals surface area contributed by atoms with E-state index in [1.165, 1.54) is 0 Å². The minimum atomic E-state index is -3.51. The maximum Gasteiger partial charge on any atom is 0.253 e. The standard InChI is InChI=1S/C9H18N2O3S/c1-7(2)15(13,14)11-8(12)9(3)5-4-6-10-9/h7,10H,4-6H2,1-3H3,(H,11,12). The zero-order chi connectivity index (χ0) is 11.7. The van der Waals surface area contributed by atoms with Crippen LogP contribution >= 0.6 is 0 Å². The molecule has 0 aromatic rings. The summed E-state index contributed by atoms with van der Waals surface area (Å²) in [5, 5.41) is 2.43. The second-order valence-electron chi connectivity index (χ2n) is 4.39. The van der Waals surface area contributed by atoms with Crippen LogP contribution in [0.5, 0.6) is 0 Å². The maximum absolute atomic E-state index is 11.7. The normalized spacial score (nSPS) is 26.9. The monoisotopic (exact) mass is 234 g/mol. The number of carbonyl (C=O) groups excluding carboxylic acids is 1. The molecular weight excluding hydrogens is 216 g/mol. The average molecular weight is 234 g/mol. The van der Waals surface area contributed by atoms with Gasteiger partial charge in [-0.1, -0.05) is 0 Å². The Bertz CT molecular complexity index is 342. The largest absolute Gasteiger partial charge is 0.304 e. The molecule has 1 saturated heterocycles. The summed E-state index contributed by atoms with van der Waals surface area (Å²) in [6.07, 6.45) is 1.57. The summed E-state index contributed by atoms with van der Waals surface area (Å²) in [5.41, 5.74) is -0.734. The highest BCUT2D eigenvalue weighted by Crippen LogP contribution is 2.18. The fraction of sp³-hybridized carbons (Fsp3) is 0.889. The Morgan fingerprint density at radius 2 is 2.07 bits per heavy atom. The van der Waals surface area contributed by atoms with Crippen molar-refractivity contribution in [2.24, 2.45) is 0 Å². The summed E-state index contributed by atoms with van der Waals surface area (Å²) in [4.78, 5) is 11.7. The molecule has 1 atom stereocenters. The van der Waals surface area contributed by atoms with Gasteiger partial charge in [-0.15, -0.1) is 0 Å². The van der Waals surface area contributed by atoms with Crippen molar-refractivity contribution in [3.05, 3.63) is 0 Å². The molecule has 88 valence electrons. The molecule has 15 heavy (non-hydrogen) atoms. The Kier molecular flexibility index (Phi) is 3.40. The van der Waals surface area contributed by atoms with Crippen molar-refractivity contribution in [1.82, 2.24) is 10.0 Å². The lowest BCUT2D eigenvalue weighted by Crippen LogP contribution is -2.53. The lowest BCUT2D eigenvalue weighted by atomic mass is 10.0. The fourth-order valence-electron chi connectivity index (χ4n) is 1.45. The molecule has 6 heteroatoms. The van der Waals surface area contributed by atoms with Gasteiger partial charge in [0.25, 0.3) is 5.91 Å². The van der Waals surface area contributed by atoms with Gasteiger partial charge in [0.05, 0.1) is 10.8 Å². The Hall–Kier alpha value is -0.620. The van der Waals surface area contributed by atoms with Crippen molar-refractivity contribution >= 4 is 15.9 Å². The minimum Gasteiger partial charge on any atom is -0.304 e. The van der Waals surface area contributed by atoms with Gasteiger partial charge in [0.15, 0.2) is 0 Å². The van der Waals surface area contributed by atoms with Crippen molar-refractivity contribution < 1.29 is 13.2 Å². The van der Waals surface area contributed by atoms with E-state index in [0.717, 1.165) is 13.0 Å². The molecule has 5 nitrogen and oxygen atoms in total. The fourth-order valence-corrected chi connectivity index (χ4v) is 2.17. The first-order valence-electron chi connectivity index (χ1n) is 5.09. The van der Waals surface area contributed by atoms with E-state index in [9.17, 15) is 13.2 Å². The maximum atomic E-state index is 11.7. The van der Waals surface area contributed by atoms with Crippen LogP contribution < -0.4 is 10.0 Å². The average Bonchev–Trinajstić information content (AvgIpc) is 2.52. The summed E-state index contributed by atoms with van der Waals surface area (Å²) in [6, 6.07) is 0. The Morgan fingerprint density at radius 1 is 1.47 bits per heavy atom. The van der Waals surface area contributed by atoms with Crippen LogP contribution in [0.1, 0.15) is 33.6 Å². The summed E-state index contributed by atoms with van der Waals surface area (Å²) in [5.74, 6) is -0.450. The molecule has 1 heterocycles. The second-order valence-corrected chi connectivity index (χ2v) is 6.62. The summed E-state index contributed by atoms with van der Waals surface area (Å²) in [7, 11) is -3.51. The molecule has 1 amide bonds. The zero-order valence-electron chi connectivity index (χ0n) is 9.33. The molecule has 1 unspecified atom stereocenters. The summed E-state index contributed by atoms with van der Waals surface area (Å²) in [6.45, 7) is 5.57. The third-order valence-electron chi connectivity index (χ3n) is 2.73. The van der Waals surface area contributed by atoms with Gasteiger partial charge in [0.2, 0.25) is 10.0 Å². The van der Waals surface area contributed by atoms with Crippen LogP contribution in [-0.2, 0) is 14.8 Å². The Labute approximate surface area is 90.7 Å². The van der Waals surface area contributed by atoms with E-state index in [0.29, 0.717) is 6.42 Å². The Balaban J connectivity index is 2.71. The van der Waals surface area contributed by atoms with Gasteiger partial charge in [-0.2, -0.15) is 0 Å². The van der Waals surface area contributed by atoms with Gasteiger partial charge in [-0.05, 0) is 40.2 Å². The van der Waals surface area contributed by atoms with Crippen LogP contribution in [-0.4, -0.2) is 31.7 Å². The number of nitrogens with one attached hydrogen (secondary N) is 2. The highest BCUT2D eigenvalue weighted by molar-refractivity contribution is 7.90. The first-order valence-corrected chi connectivity index (χ1v) is 6.64. The van der Waals surface area contributed by atoms with E-state index < -0.39 is 26.7 Å². The van der Waals surface area contributed by atoms with Crippen LogP contribution in [0.3, 0.4) is 0 Å². The molecule has 0 spiro atoms. The smallest absolute Gasteiger partial charge is 0.253 e. The highest BCUT2D eigenvalue weighted by atomic mass is 32.2. The predicted molar refractivity (Wildman–Crippen MR) is 57.8 cm³/mol. The van der Waals surface area contributed by atoms with Crippen molar-refractivity contribution in [1.29, 1.82) is 0 Å². The molecule has 0 bridgehead atoms. The molecule has 0 aliphatic carbocycles. The Morgan fingerprint density at radius 3 is 2.47 bits per heavy atom. The third-order valence-corrected chi connectivity index (χ3v) is 4.44. The van der Waals surface area contributed by atoms with E-state index in [1.807, 2.05) is 0 Å². The number of carbonyl (C=O) groups is 1. The SMILES string of the molecule is CC(C)S(=O)(=O)NC(=O)C1(C)CCCN1. The van der Waals surface area contributed by atoms with Crippen LogP contribution in [0.4, 0.5) is 0 Å². The van der Waals surface area contributed by atoms with Gasteiger partial charge < -0.3 is 5.32 Å². The van der Waals surface area contributed by atoms with Crippen molar-refractivity contribution in [3.8, 4) is 0 Å². The van der Waals surface area contributed by atoms with Gasteiger partial charge in [0.1, 0.15) is 0 Å². The first kappa shape index (κ1) is 12.4. The van der Waals surface area contributed by atoms with Crippen molar-refractivity contribution in [3.63, 3.8) is 0 Å². The molecule has 1 aliphatic rings. The molecule has 1 rings (SSSR count). The van der Waals surface area contributed by atoms with Crippen LogP contribution in [0, 0.1) is 0 Å². The molecule has 0 saturated carbocycles. The van der Waals surface area contributed by atoms with Gasteiger partial charge in [-0.3, -0.25) is 9.52 Å². The minimum absolute atomic E-state index is 0.450. The van der Waals surface area contributed by atoms with Crippen molar-refractivity contribution in [2.75, 3.05) is 6.54 Å². The number of hydrogen-bond donors (Lipinski definition) is 2. The third kappa shape index (κ3) is 2.69. The molecular formula is C9H18N2O3S. The first-order chi connectivity index (χ1) is 6.78. The quantitative estimate of drug-likeness (QED) is 0.720. The van der Waals surface area contributed by atoms with Gasteiger partial charge in [0, 0.05) is 0 Å². The lowest BCUT2D eigenvalue weighted by Gasteiger charge is -2.23. The summed E-state index contributed by atoms with van der Waals surface area (Å²) < 4.78 is 25.1. The lowest BCUT2D eigenvalue weighted by molar-refractivity contribution is -0.124. The number of rotatable bonds is 3. The van der Waals surface area contributed by atoms with E-state index in [-0.39, 0.29) is 0 Å². The molecule has 2 N–H and O–H groups in total. The molecule has 0 aromatic carbocycles. The van der Waals surface area contributed by atoms with E-state index in [2.05, 4.69) is 10.0 Å². The molecule has 1 fully saturated rings. The highest BCUT2D eigenvalue weighted by Gasteiger charge is 2.38. The van der Waals surface area contributed by atoms with E-state index in [1.54, 1.807) is 20.8 Å². The number of hydrogen-bond acceptors (Lipinski definition) is 4. The zero-order valence-corrected chi connectivity index (χ0v) is 10.1.